The van der Waals surface area contributed by atoms with Crippen LogP contribution in [-0.4, -0.2) is 43.3 Å². The monoisotopic (exact) mass is 268 g/mol. The zero-order chi connectivity index (χ0) is 13.9. The molecule has 1 heterocycles. The van der Waals surface area contributed by atoms with E-state index in [-0.39, 0.29) is 5.54 Å². The van der Waals surface area contributed by atoms with Gasteiger partial charge in [-0.1, -0.05) is 13.8 Å². The van der Waals surface area contributed by atoms with Gasteiger partial charge in [0.1, 0.15) is 0 Å². The molecule has 0 aromatic heterocycles. The molecular weight excluding hydrogens is 236 g/mol. The molecule has 0 amide bonds. The van der Waals surface area contributed by atoms with E-state index in [4.69, 9.17) is 10.5 Å². The van der Waals surface area contributed by atoms with E-state index in [2.05, 4.69) is 18.7 Å². The molecule has 3 heteroatoms. The van der Waals surface area contributed by atoms with Gasteiger partial charge in [-0.15, -0.1) is 0 Å². The van der Waals surface area contributed by atoms with Gasteiger partial charge >= 0.3 is 0 Å². The Balaban J connectivity index is 2.01. The lowest BCUT2D eigenvalue weighted by molar-refractivity contribution is -0.00659. The molecule has 3 nitrogen and oxygen atoms in total. The predicted octanol–water partition coefficient (Wildman–Crippen LogP) is 2.79. The van der Waals surface area contributed by atoms with E-state index in [0.717, 1.165) is 6.54 Å². The van der Waals surface area contributed by atoms with Gasteiger partial charge in [-0.05, 0) is 63.5 Å². The van der Waals surface area contributed by atoms with Crippen LogP contribution in [0.25, 0.3) is 0 Å². The molecule has 0 bridgehead atoms. The first-order valence-electron chi connectivity index (χ1n) is 7.99. The van der Waals surface area contributed by atoms with E-state index in [1.54, 1.807) is 0 Å². The average molecular weight is 268 g/mol. The standard InChI is InChI=1S/C16H32N2O/c1-15(2)7-4-11-18(12-10-15)16(13-17)8-5-14(19-3)6-9-16/h14H,4-13,17H2,1-3H3. The van der Waals surface area contributed by atoms with Crippen molar-refractivity contribution in [3.8, 4) is 0 Å². The molecule has 0 unspecified atom stereocenters. The molecule has 2 N–H and O–H groups in total. The third kappa shape index (κ3) is 3.50. The topological polar surface area (TPSA) is 38.5 Å². The van der Waals surface area contributed by atoms with Crippen molar-refractivity contribution in [3.05, 3.63) is 0 Å². The van der Waals surface area contributed by atoms with E-state index in [1.807, 2.05) is 7.11 Å². The summed E-state index contributed by atoms with van der Waals surface area (Å²) in [5, 5.41) is 0. The van der Waals surface area contributed by atoms with Crippen molar-refractivity contribution in [2.24, 2.45) is 11.1 Å². The van der Waals surface area contributed by atoms with E-state index >= 15 is 0 Å². The third-order valence-corrected chi connectivity index (χ3v) is 5.59. The molecule has 0 radical (unpaired) electrons. The lowest BCUT2D eigenvalue weighted by Crippen LogP contribution is -2.56. The summed E-state index contributed by atoms with van der Waals surface area (Å²) < 4.78 is 5.51. The average Bonchev–Trinajstić information content (AvgIpc) is 2.60. The van der Waals surface area contributed by atoms with Crippen LogP contribution in [0.1, 0.15) is 58.8 Å². The van der Waals surface area contributed by atoms with E-state index in [1.165, 1.54) is 58.0 Å². The Bertz CT molecular complexity index is 282. The maximum absolute atomic E-state index is 6.19. The number of methoxy groups -OCH3 is 1. The van der Waals surface area contributed by atoms with Crippen molar-refractivity contribution in [2.45, 2.75) is 70.4 Å². The molecule has 1 saturated heterocycles. The SMILES string of the molecule is COC1CCC(CN)(N2CCCC(C)(C)CC2)CC1. The highest BCUT2D eigenvalue weighted by Crippen LogP contribution is 2.38. The second-order valence-electron chi connectivity index (χ2n) is 7.37. The van der Waals surface area contributed by atoms with Crippen molar-refractivity contribution in [1.82, 2.24) is 4.90 Å². The first kappa shape index (κ1) is 15.3. The fraction of sp³-hybridized carbons (Fsp3) is 1.00. The van der Waals surface area contributed by atoms with Crippen LogP contribution in [0.15, 0.2) is 0 Å². The molecule has 2 aliphatic rings. The van der Waals surface area contributed by atoms with Gasteiger partial charge in [-0.3, -0.25) is 4.90 Å². The van der Waals surface area contributed by atoms with Gasteiger partial charge < -0.3 is 10.5 Å². The van der Waals surface area contributed by atoms with Crippen molar-refractivity contribution >= 4 is 0 Å². The highest BCUT2D eigenvalue weighted by molar-refractivity contribution is 4.97. The molecule has 0 aromatic carbocycles. The minimum Gasteiger partial charge on any atom is -0.381 e. The van der Waals surface area contributed by atoms with E-state index < -0.39 is 0 Å². The minimum absolute atomic E-state index is 0.259. The fourth-order valence-electron chi connectivity index (χ4n) is 3.91. The summed E-state index contributed by atoms with van der Waals surface area (Å²) in [5.41, 5.74) is 6.96. The lowest BCUT2D eigenvalue weighted by Gasteiger charge is -2.47. The molecule has 2 fully saturated rings. The molecule has 0 aromatic rings. The summed E-state index contributed by atoms with van der Waals surface area (Å²) >= 11 is 0. The normalized spacial score (nSPS) is 36.9. The molecule has 0 spiro atoms. The molecule has 1 aliphatic carbocycles. The number of hydrogen-bond donors (Lipinski definition) is 1. The molecule has 0 atom stereocenters. The first-order chi connectivity index (χ1) is 9.01. The van der Waals surface area contributed by atoms with Crippen LogP contribution in [0.5, 0.6) is 0 Å². The van der Waals surface area contributed by atoms with Crippen LogP contribution < -0.4 is 5.73 Å². The van der Waals surface area contributed by atoms with Crippen LogP contribution in [0.3, 0.4) is 0 Å². The summed E-state index contributed by atoms with van der Waals surface area (Å²) in [4.78, 5) is 2.72. The number of nitrogens with two attached hydrogens (primary N) is 1. The van der Waals surface area contributed by atoms with Crippen LogP contribution in [0, 0.1) is 5.41 Å². The van der Waals surface area contributed by atoms with Crippen molar-refractivity contribution in [1.29, 1.82) is 0 Å². The van der Waals surface area contributed by atoms with Crippen LogP contribution in [0.4, 0.5) is 0 Å². The summed E-state index contributed by atoms with van der Waals surface area (Å²) in [6.45, 7) is 8.09. The lowest BCUT2D eigenvalue weighted by atomic mass is 9.78. The number of hydrogen-bond acceptors (Lipinski definition) is 3. The van der Waals surface area contributed by atoms with Gasteiger partial charge in [-0.25, -0.2) is 0 Å². The summed E-state index contributed by atoms with van der Waals surface area (Å²) in [7, 11) is 1.84. The van der Waals surface area contributed by atoms with Gasteiger partial charge in [0.15, 0.2) is 0 Å². The first-order valence-corrected chi connectivity index (χ1v) is 7.99. The van der Waals surface area contributed by atoms with Crippen LogP contribution >= 0.6 is 0 Å². The number of ether oxygens (including phenoxy) is 1. The Hall–Kier alpha value is -0.120. The Morgan fingerprint density at radius 1 is 1.11 bits per heavy atom. The minimum atomic E-state index is 0.259. The van der Waals surface area contributed by atoms with Crippen LogP contribution in [0.2, 0.25) is 0 Å². The van der Waals surface area contributed by atoms with Gasteiger partial charge in [0.2, 0.25) is 0 Å². The van der Waals surface area contributed by atoms with E-state index in [9.17, 15) is 0 Å². The summed E-state index contributed by atoms with van der Waals surface area (Å²) in [6, 6.07) is 0. The molecular formula is C16H32N2O. The maximum Gasteiger partial charge on any atom is 0.0572 e. The Morgan fingerprint density at radius 2 is 1.79 bits per heavy atom. The van der Waals surface area contributed by atoms with Gasteiger partial charge in [0.05, 0.1) is 6.10 Å². The second kappa shape index (κ2) is 6.11. The summed E-state index contributed by atoms with van der Waals surface area (Å²) in [5.74, 6) is 0. The number of nitrogens with zero attached hydrogens (tertiary/aromatic N) is 1. The Kier molecular flexibility index (Phi) is 4.91. The number of rotatable bonds is 3. The Morgan fingerprint density at radius 3 is 2.37 bits per heavy atom. The molecule has 1 aliphatic heterocycles. The highest BCUT2D eigenvalue weighted by atomic mass is 16.5. The van der Waals surface area contributed by atoms with Crippen molar-refractivity contribution in [2.75, 3.05) is 26.7 Å². The quantitative estimate of drug-likeness (QED) is 0.855. The fourth-order valence-corrected chi connectivity index (χ4v) is 3.91. The van der Waals surface area contributed by atoms with Gasteiger partial charge in [0.25, 0.3) is 0 Å². The van der Waals surface area contributed by atoms with Crippen molar-refractivity contribution < 1.29 is 4.74 Å². The second-order valence-corrected chi connectivity index (χ2v) is 7.37. The number of likely N-dealkylation sites (tertiary alicyclic amines) is 1. The maximum atomic E-state index is 6.19. The molecule has 112 valence electrons. The van der Waals surface area contributed by atoms with Gasteiger partial charge in [0, 0.05) is 19.2 Å². The van der Waals surface area contributed by atoms with Gasteiger partial charge in [-0.2, -0.15) is 0 Å². The van der Waals surface area contributed by atoms with Crippen LogP contribution in [-0.2, 0) is 4.74 Å². The highest BCUT2D eigenvalue weighted by Gasteiger charge is 2.40. The van der Waals surface area contributed by atoms with Crippen molar-refractivity contribution in [3.63, 3.8) is 0 Å². The third-order valence-electron chi connectivity index (χ3n) is 5.59. The summed E-state index contributed by atoms with van der Waals surface area (Å²) in [6.07, 6.45) is 9.21. The smallest absolute Gasteiger partial charge is 0.0572 e. The zero-order valence-electron chi connectivity index (χ0n) is 13.1. The predicted molar refractivity (Wildman–Crippen MR) is 80.3 cm³/mol. The Labute approximate surface area is 118 Å². The van der Waals surface area contributed by atoms with E-state index in [0.29, 0.717) is 11.5 Å². The zero-order valence-corrected chi connectivity index (χ0v) is 13.1. The largest absolute Gasteiger partial charge is 0.381 e. The molecule has 2 rings (SSSR count). The molecule has 1 saturated carbocycles. The molecule has 19 heavy (non-hydrogen) atoms.